The molecule has 2 aromatic heterocycles. The van der Waals surface area contributed by atoms with E-state index in [9.17, 15) is 0 Å². The molecule has 2 N–H and O–H groups in total. The van der Waals surface area contributed by atoms with Gasteiger partial charge >= 0.3 is 0 Å². The predicted molar refractivity (Wildman–Crippen MR) is 145 cm³/mol. The number of pyridine rings is 1. The number of hydrogen-bond acceptors (Lipinski definition) is 4. The summed E-state index contributed by atoms with van der Waals surface area (Å²) in [6.07, 6.45) is 16.6. The van der Waals surface area contributed by atoms with Crippen molar-refractivity contribution in [3.8, 4) is 11.1 Å². The number of aryl methyl sites for hydroxylation is 1. The molecule has 3 aromatic rings. The summed E-state index contributed by atoms with van der Waals surface area (Å²) in [6, 6.07) is 13.1. The molecule has 2 aliphatic rings. The van der Waals surface area contributed by atoms with E-state index in [2.05, 4.69) is 66.3 Å². The molecule has 0 atom stereocenters. The summed E-state index contributed by atoms with van der Waals surface area (Å²) in [4.78, 5) is 9.65. The maximum absolute atomic E-state index is 4.98. The lowest BCUT2D eigenvalue weighted by molar-refractivity contribution is 0.591. The fraction of sp³-hybridized carbons (Fsp3) is 0.467. The summed E-state index contributed by atoms with van der Waals surface area (Å²) in [5, 5.41) is 7.86. The maximum Gasteiger partial charge on any atom is 0.0661 e. The number of aromatic nitrogens is 3. The Morgan fingerprint density at radius 3 is 2.31 bits per heavy atom. The molecular formula is C30H40N4O. The monoisotopic (exact) mass is 472 g/mol. The van der Waals surface area contributed by atoms with Crippen molar-refractivity contribution >= 4 is 11.4 Å². The molecule has 0 spiro atoms. The van der Waals surface area contributed by atoms with Crippen molar-refractivity contribution in [2.45, 2.75) is 84.5 Å². The minimum atomic E-state index is 0. The summed E-state index contributed by atoms with van der Waals surface area (Å²) in [5.74, 6) is 1.55. The molecule has 0 bridgehead atoms. The van der Waals surface area contributed by atoms with Gasteiger partial charge in [-0.2, -0.15) is 10.2 Å². The molecule has 3 heterocycles. The largest absolute Gasteiger partial charge is 0.412 e. The first kappa shape index (κ1) is 26.7. The first-order valence-electron chi connectivity index (χ1n) is 13.0. The van der Waals surface area contributed by atoms with Crippen LogP contribution in [-0.4, -0.2) is 26.4 Å². The van der Waals surface area contributed by atoms with E-state index in [0.717, 1.165) is 36.4 Å². The average Bonchev–Trinajstić information content (AvgIpc) is 3.14. The number of benzene rings is 1. The number of rotatable bonds is 4. The Bertz CT molecular complexity index is 1080. The van der Waals surface area contributed by atoms with Gasteiger partial charge in [-0.1, -0.05) is 52.5 Å². The van der Waals surface area contributed by atoms with E-state index in [0.29, 0.717) is 5.92 Å². The molecule has 1 aromatic carbocycles. The molecule has 5 heteroatoms. The van der Waals surface area contributed by atoms with E-state index >= 15 is 0 Å². The lowest BCUT2D eigenvalue weighted by Crippen LogP contribution is -2.11. The van der Waals surface area contributed by atoms with Crippen LogP contribution in [0.25, 0.3) is 11.1 Å². The molecule has 5 nitrogen and oxygen atoms in total. The van der Waals surface area contributed by atoms with Gasteiger partial charge in [0.15, 0.2) is 0 Å². The lowest BCUT2D eigenvalue weighted by Gasteiger charge is -2.18. The SMILES string of the molecule is CC(C)C.O.c1cc(-c2ccc3c(c2)CCC(Cc2cc(C4CCCCCC4)ccn2)=N3)cnn1. The average molecular weight is 473 g/mol. The van der Waals surface area contributed by atoms with Crippen molar-refractivity contribution in [2.24, 2.45) is 10.9 Å². The first-order valence-corrected chi connectivity index (χ1v) is 13.0. The normalized spacial score (nSPS) is 15.7. The van der Waals surface area contributed by atoms with Crippen molar-refractivity contribution in [3.63, 3.8) is 0 Å². The van der Waals surface area contributed by atoms with Gasteiger partial charge in [0.05, 0.1) is 18.1 Å². The molecule has 1 aliphatic carbocycles. The van der Waals surface area contributed by atoms with Crippen LogP contribution in [0, 0.1) is 5.92 Å². The van der Waals surface area contributed by atoms with Gasteiger partial charge in [-0.3, -0.25) is 9.98 Å². The van der Waals surface area contributed by atoms with Crippen molar-refractivity contribution in [3.05, 3.63) is 71.8 Å². The Kier molecular flexibility index (Phi) is 10.1. The Hall–Kier alpha value is -2.92. The van der Waals surface area contributed by atoms with Crippen LogP contribution in [0.4, 0.5) is 5.69 Å². The van der Waals surface area contributed by atoms with Gasteiger partial charge in [-0.25, -0.2) is 0 Å². The van der Waals surface area contributed by atoms with Gasteiger partial charge in [0.1, 0.15) is 0 Å². The molecule has 35 heavy (non-hydrogen) atoms. The van der Waals surface area contributed by atoms with Crippen LogP contribution in [0.1, 0.15) is 88.5 Å². The maximum atomic E-state index is 4.98. The molecule has 1 fully saturated rings. The molecule has 1 aliphatic heterocycles. The third-order valence-electron chi connectivity index (χ3n) is 6.51. The smallest absolute Gasteiger partial charge is 0.0661 e. The highest BCUT2D eigenvalue weighted by atomic mass is 16.0. The summed E-state index contributed by atoms with van der Waals surface area (Å²) in [5.41, 5.74) is 8.58. The second-order valence-corrected chi connectivity index (χ2v) is 10.3. The second kappa shape index (κ2) is 13.2. The minimum absolute atomic E-state index is 0. The van der Waals surface area contributed by atoms with Crippen molar-refractivity contribution in [1.29, 1.82) is 0 Å². The van der Waals surface area contributed by atoms with Crippen LogP contribution < -0.4 is 0 Å². The number of nitrogens with zero attached hydrogens (tertiary/aromatic N) is 4. The van der Waals surface area contributed by atoms with Crippen LogP contribution >= 0.6 is 0 Å². The lowest BCUT2D eigenvalue weighted by atomic mass is 9.91. The topological polar surface area (TPSA) is 82.5 Å². The molecule has 0 radical (unpaired) electrons. The zero-order valence-electron chi connectivity index (χ0n) is 21.5. The highest BCUT2D eigenvalue weighted by Crippen LogP contribution is 2.33. The summed E-state index contributed by atoms with van der Waals surface area (Å²) < 4.78 is 0. The summed E-state index contributed by atoms with van der Waals surface area (Å²) in [7, 11) is 0. The van der Waals surface area contributed by atoms with Crippen LogP contribution in [0.15, 0.2) is 60.0 Å². The van der Waals surface area contributed by atoms with E-state index in [-0.39, 0.29) is 5.48 Å². The number of aliphatic imine (C=N–C) groups is 1. The third kappa shape index (κ3) is 7.79. The standard InChI is InChI=1S/C26H28N4.C4H10.H2O/c1-2-4-6-19(5-3-1)21-11-13-27-25(16-21)17-24-9-7-22-15-20(8-10-26(22)30-24)23-12-14-28-29-18-23;1-4(2)3;/h8,10-16,18-19H,1-7,9,17H2;4H,1-3H3;1H2. The quantitative estimate of drug-likeness (QED) is 0.380. The van der Waals surface area contributed by atoms with Crippen molar-refractivity contribution in [2.75, 3.05) is 0 Å². The summed E-state index contributed by atoms with van der Waals surface area (Å²) in [6.45, 7) is 6.50. The zero-order valence-corrected chi connectivity index (χ0v) is 21.5. The van der Waals surface area contributed by atoms with Gasteiger partial charge in [-0.05, 0) is 84.5 Å². The van der Waals surface area contributed by atoms with Gasteiger partial charge in [0.2, 0.25) is 0 Å². The van der Waals surface area contributed by atoms with Crippen LogP contribution in [0.2, 0.25) is 0 Å². The molecule has 0 amide bonds. The van der Waals surface area contributed by atoms with Crippen LogP contribution in [-0.2, 0) is 12.8 Å². The van der Waals surface area contributed by atoms with Crippen LogP contribution in [0.3, 0.4) is 0 Å². The first-order chi connectivity index (χ1) is 16.6. The van der Waals surface area contributed by atoms with Gasteiger partial charge < -0.3 is 5.48 Å². The van der Waals surface area contributed by atoms with Gasteiger partial charge in [0.25, 0.3) is 0 Å². The summed E-state index contributed by atoms with van der Waals surface area (Å²) >= 11 is 0. The van der Waals surface area contributed by atoms with Gasteiger partial charge in [-0.15, -0.1) is 0 Å². The fourth-order valence-corrected chi connectivity index (χ4v) is 4.84. The van der Waals surface area contributed by atoms with E-state index in [1.807, 2.05) is 18.5 Å². The Morgan fingerprint density at radius 1 is 0.829 bits per heavy atom. The minimum Gasteiger partial charge on any atom is -0.412 e. The Morgan fingerprint density at radius 2 is 1.60 bits per heavy atom. The highest BCUT2D eigenvalue weighted by Gasteiger charge is 2.17. The highest BCUT2D eigenvalue weighted by molar-refractivity contribution is 5.91. The zero-order chi connectivity index (χ0) is 23.8. The molecule has 0 saturated heterocycles. The van der Waals surface area contributed by atoms with E-state index in [1.165, 1.54) is 66.6 Å². The second-order valence-electron chi connectivity index (χ2n) is 10.3. The molecule has 0 unspecified atom stereocenters. The van der Waals surface area contributed by atoms with E-state index < -0.39 is 0 Å². The Balaban J connectivity index is 0.000000638. The van der Waals surface area contributed by atoms with E-state index in [1.54, 1.807) is 6.20 Å². The third-order valence-corrected chi connectivity index (χ3v) is 6.51. The molecular weight excluding hydrogens is 432 g/mol. The van der Waals surface area contributed by atoms with Crippen molar-refractivity contribution < 1.29 is 5.48 Å². The van der Waals surface area contributed by atoms with Gasteiger partial charge in [0, 0.05) is 29.6 Å². The molecule has 1 saturated carbocycles. The number of fused-ring (bicyclic) bond motifs is 1. The van der Waals surface area contributed by atoms with E-state index in [4.69, 9.17) is 4.99 Å². The molecule has 5 rings (SSSR count). The fourth-order valence-electron chi connectivity index (χ4n) is 4.84. The Labute approximate surface area is 210 Å². The van der Waals surface area contributed by atoms with Crippen molar-refractivity contribution in [1.82, 2.24) is 15.2 Å². The predicted octanol–water partition coefficient (Wildman–Crippen LogP) is 7.08. The van der Waals surface area contributed by atoms with Crippen LogP contribution in [0.5, 0.6) is 0 Å². The molecule has 186 valence electrons. The number of hydrogen-bond donors (Lipinski definition) is 0.